The van der Waals surface area contributed by atoms with E-state index in [0.717, 1.165) is 22.6 Å². The first-order chi connectivity index (χ1) is 12.3. The molecule has 3 rings (SSSR count). The predicted octanol–water partition coefficient (Wildman–Crippen LogP) is 2.85. The number of pyridine rings is 1. The molecule has 8 heteroatoms. The summed E-state index contributed by atoms with van der Waals surface area (Å²) in [6.07, 6.45) is -2.81. The van der Waals surface area contributed by atoms with Gasteiger partial charge in [-0.3, -0.25) is 9.59 Å². The molecule has 1 saturated heterocycles. The average molecular weight is 366 g/mol. The number of alkyl halides is 3. The third-order valence-electron chi connectivity index (χ3n) is 4.45. The van der Waals surface area contributed by atoms with Crippen LogP contribution in [0.5, 0.6) is 5.75 Å². The maximum absolute atomic E-state index is 12.8. The number of amides is 1. The molecule has 1 amide bonds. The van der Waals surface area contributed by atoms with Gasteiger partial charge in [0.2, 0.25) is 5.91 Å². The normalized spacial score (nSPS) is 16.9. The number of hydrogen-bond acceptors (Lipinski definition) is 3. The fraction of sp³-hybridized carbons (Fsp3) is 0.333. The first-order valence-corrected chi connectivity index (χ1v) is 8.01. The Balaban J connectivity index is 1.78. The van der Waals surface area contributed by atoms with Crippen molar-refractivity contribution in [2.24, 2.45) is 0 Å². The number of ether oxygens (including phenoxy) is 1. The molecule has 0 bridgehead atoms. The van der Waals surface area contributed by atoms with Crippen LogP contribution in [0.25, 0.3) is 0 Å². The SMILES string of the molecule is COc1cccc(C2CCN2C(=O)Cn2cccc(C(F)(F)F)c2=O)c1. The number of carbonyl (C=O) groups excluding carboxylic acids is 1. The second-order valence-corrected chi connectivity index (χ2v) is 6.02. The first-order valence-electron chi connectivity index (χ1n) is 8.01. The van der Waals surface area contributed by atoms with Crippen molar-refractivity contribution in [3.8, 4) is 5.75 Å². The lowest BCUT2D eigenvalue weighted by Crippen LogP contribution is -2.47. The summed E-state index contributed by atoms with van der Waals surface area (Å²) in [6, 6.07) is 8.95. The van der Waals surface area contributed by atoms with E-state index in [1.165, 1.54) is 6.20 Å². The Labute approximate surface area is 147 Å². The van der Waals surface area contributed by atoms with Crippen LogP contribution in [0.2, 0.25) is 0 Å². The standard InChI is InChI=1S/C18H17F3N2O3/c1-26-13-5-2-4-12(10-13)15-7-9-23(15)16(24)11-22-8-3-6-14(17(22)25)18(19,20)21/h2-6,8,10,15H,7,9,11H2,1H3. The van der Waals surface area contributed by atoms with Gasteiger partial charge in [-0.15, -0.1) is 0 Å². The molecule has 1 aromatic heterocycles. The lowest BCUT2D eigenvalue weighted by molar-refractivity contribution is -0.142. The molecule has 26 heavy (non-hydrogen) atoms. The predicted molar refractivity (Wildman–Crippen MR) is 87.8 cm³/mol. The summed E-state index contributed by atoms with van der Waals surface area (Å²) in [4.78, 5) is 26.0. The smallest absolute Gasteiger partial charge is 0.421 e. The second-order valence-electron chi connectivity index (χ2n) is 6.02. The topological polar surface area (TPSA) is 51.5 Å². The van der Waals surface area contributed by atoms with E-state index in [-0.39, 0.29) is 6.04 Å². The number of likely N-dealkylation sites (tertiary alicyclic amines) is 1. The number of halogens is 3. The lowest BCUT2D eigenvalue weighted by atomic mass is 9.94. The quantitative estimate of drug-likeness (QED) is 0.836. The zero-order chi connectivity index (χ0) is 18.9. The minimum absolute atomic E-state index is 0.167. The molecule has 0 saturated carbocycles. The molecule has 0 spiro atoms. The molecule has 1 aliphatic heterocycles. The number of hydrogen-bond donors (Lipinski definition) is 0. The number of rotatable bonds is 4. The molecule has 0 N–H and O–H groups in total. The van der Waals surface area contributed by atoms with Crippen LogP contribution in [0.3, 0.4) is 0 Å². The van der Waals surface area contributed by atoms with Crippen LogP contribution in [0.1, 0.15) is 23.6 Å². The van der Waals surface area contributed by atoms with E-state index < -0.39 is 29.8 Å². The van der Waals surface area contributed by atoms with Gasteiger partial charge in [-0.2, -0.15) is 13.2 Å². The molecule has 5 nitrogen and oxygen atoms in total. The van der Waals surface area contributed by atoms with E-state index in [4.69, 9.17) is 4.74 Å². The molecule has 1 aromatic carbocycles. The van der Waals surface area contributed by atoms with Gasteiger partial charge in [0.15, 0.2) is 0 Å². The van der Waals surface area contributed by atoms with Gasteiger partial charge in [0.1, 0.15) is 17.9 Å². The molecule has 0 aliphatic carbocycles. The Kier molecular flexibility index (Phi) is 4.76. The molecular weight excluding hydrogens is 349 g/mol. The van der Waals surface area contributed by atoms with E-state index >= 15 is 0 Å². The van der Waals surface area contributed by atoms with E-state index in [1.807, 2.05) is 18.2 Å². The number of nitrogens with zero attached hydrogens (tertiary/aromatic N) is 2. The van der Waals surface area contributed by atoms with Gasteiger partial charge in [-0.1, -0.05) is 12.1 Å². The summed E-state index contributed by atoms with van der Waals surface area (Å²) in [5.41, 5.74) is -1.60. The van der Waals surface area contributed by atoms with Crippen LogP contribution in [-0.4, -0.2) is 29.0 Å². The van der Waals surface area contributed by atoms with Gasteiger partial charge in [0.25, 0.3) is 5.56 Å². The molecule has 0 radical (unpaired) electrons. The van der Waals surface area contributed by atoms with E-state index in [9.17, 15) is 22.8 Å². The third kappa shape index (κ3) is 3.44. The largest absolute Gasteiger partial charge is 0.497 e. The van der Waals surface area contributed by atoms with Crippen LogP contribution >= 0.6 is 0 Å². The monoisotopic (exact) mass is 366 g/mol. The van der Waals surface area contributed by atoms with Crippen LogP contribution in [0.4, 0.5) is 13.2 Å². The highest BCUT2D eigenvalue weighted by Crippen LogP contribution is 2.34. The van der Waals surface area contributed by atoms with Crippen molar-refractivity contribution in [3.63, 3.8) is 0 Å². The molecule has 1 unspecified atom stereocenters. The van der Waals surface area contributed by atoms with E-state index in [2.05, 4.69) is 0 Å². The minimum Gasteiger partial charge on any atom is -0.497 e. The van der Waals surface area contributed by atoms with Gasteiger partial charge >= 0.3 is 6.18 Å². The fourth-order valence-electron chi connectivity index (χ4n) is 2.99. The van der Waals surface area contributed by atoms with Crippen molar-refractivity contribution < 1.29 is 22.7 Å². The fourth-order valence-corrected chi connectivity index (χ4v) is 2.99. The molecule has 1 aliphatic rings. The van der Waals surface area contributed by atoms with Crippen molar-refractivity contribution in [1.29, 1.82) is 0 Å². The average Bonchev–Trinajstić information content (AvgIpc) is 2.55. The number of methoxy groups -OCH3 is 1. The van der Waals surface area contributed by atoms with Crippen LogP contribution in [0.15, 0.2) is 47.4 Å². The van der Waals surface area contributed by atoms with Gasteiger partial charge in [0.05, 0.1) is 13.2 Å². The summed E-state index contributed by atoms with van der Waals surface area (Å²) >= 11 is 0. The maximum atomic E-state index is 12.8. The second kappa shape index (κ2) is 6.86. The van der Waals surface area contributed by atoms with Crippen LogP contribution in [-0.2, 0) is 17.5 Å². The first kappa shape index (κ1) is 18.0. The number of benzene rings is 1. The Bertz CT molecular complexity index is 876. The minimum atomic E-state index is -4.75. The van der Waals surface area contributed by atoms with Crippen molar-refractivity contribution in [3.05, 3.63) is 64.1 Å². The molecular formula is C18H17F3N2O3. The summed E-state index contributed by atoms with van der Waals surface area (Å²) in [6.45, 7) is 0.0671. The number of carbonyl (C=O) groups is 1. The van der Waals surface area contributed by atoms with Crippen molar-refractivity contribution in [2.45, 2.75) is 25.2 Å². The van der Waals surface area contributed by atoms with Crippen LogP contribution in [0, 0.1) is 0 Å². The summed E-state index contributed by atoms with van der Waals surface area (Å²) in [5, 5.41) is 0. The van der Waals surface area contributed by atoms with Crippen molar-refractivity contribution in [1.82, 2.24) is 9.47 Å². The molecule has 1 atom stereocenters. The Morgan fingerprint density at radius 3 is 2.65 bits per heavy atom. The molecule has 2 aromatic rings. The maximum Gasteiger partial charge on any atom is 0.421 e. The van der Waals surface area contributed by atoms with Gasteiger partial charge in [-0.25, -0.2) is 0 Å². The van der Waals surface area contributed by atoms with Gasteiger partial charge in [-0.05, 0) is 36.2 Å². The highest BCUT2D eigenvalue weighted by Gasteiger charge is 2.36. The zero-order valence-electron chi connectivity index (χ0n) is 14.0. The van der Waals surface area contributed by atoms with Crippen molar-refractivity contribution in [2.75, 3.05) is 13.7 Å². The Morgan fingerprint density at radius 1 is 1.27 bits per heavy atom. The third-order valence-corrected chi connectivity index (χ3v) is 4.45. The lowest BCUT2D eigenvalue weighted by Gasteiger charge is -2.41. The summed E-state index contributed by atoms with van der Waals surface area (Å²) in [5.74, 6) is 0.265. The zero-order valence-corrected chi connectivity index (χ0v) is 14.0. The highest BCUT2D eigenvalue weighted by atomic mass is 19.4. The number of aromatic nitrogens is 1. The summed E-state index contributed by atoms with van der Waals surface area (Å²) < 4.78 is 44.5. The molecule has 138 valence electrons. The molecule has 2 heterocycles. The van der Waals surface area contributed by atoms with Crippen LogP contribution < -0.4 is 10.3 Å². The van der Waals surface area contributed by atoms with Gasteiger partial charge < -0.3 is 14.2 Å². The highest BCUT2D eigenvalue weighted by molar-refractivity contribution is 5.77. The Hall–Kier alpha value is -2.77. The van der Waals surface area contributed by atoms with E-state index in [1.54, 1.807) is 18.1 Å². The summed E-state index contributed by atoms with van der Waals surface area (Å²) in [7, 11) is 1.54. The van der Waals surface area contributed by atoms with Crippen molar-refractivity contribution >= 4 is 5.91 Å². The van der Waals surface area contributed by atoms with E-state index in [0.29, 0.717) is 18.4 Å². The van der Waals surface area contributed by atoms with Gasteiger partial charge in [0, 0.05) is 12.7 Å². The molecule has 1 fully saturated rings. The Morgan fingerprint density at radius 2 is 2.04 bits per heavy atom.